The first-order valence-corrected chi connectivity index (χ1v) is 13.4. The highest BCUT2D eigenvalue weighted by atomic mass is 35.5. The number of hydrogen-bond donors (Lipinski definition) is 1. The van der Waals surface area contributed by atoms with E-state index in [0.717, 1.165) is 46.1 Å². The number of thiophene rings is 1. The molecular weight excluding hydrogens is 554 g/mol. The molecule has 9 heteroatoms. The third-order valence-electron chi connectivity index (χ3n) is 6.69. The summed E-state index contributed by atoms with van der Waals surface area (Å²) in [5.41, 5.74) is 5.53. The number of fused-ring (bicyclic) bond motifs is 2. The van der Waals surface area contributed by atoms with E-state index in [1.165, 1.54) is 43.3 Å². The molecule has 0 amide bonds. The van der Waals surface area contributed by atoms with Gasteiger partial charge in [0.1, 0.15) is 0 Å². The Kier molecular flexibility index (Phi) is 10.9. The Bertz CT molecular complexity index is 1650. The number of halogens is 3. The van der Waals surface area contributed by atoms with E-state index in [9.17, 15) is 13.6 Å². The van der Waals surface area contributed by atoms with E-state index in [2.05, 4.69) is 11.9 Å². The van der Waals surface area contributed by atoms with Gasteiger partial charge in [-0.3, -0.25) is 9.36 Å². The number of hydrogen-bond acceptors (Lipinski definition) is 4. The average Bonchev–Trinajstić information content (AvgIpc) is 3.54. The molecule has 0 spiro atoms. The lowest BCUT2D eigenvalue weighted by atomic mass is 10.1. The molecule has 0 radical (unpaired) electrons. The largest absolute Gasteiger partial charge is 0.494 e. The van der Waals surface area contributed by atoms with Crippen molar-refractivity contribution in [3.63, 3.8) is 0 Å². The first kappa shape index (κ1) is 32.8. The maximum atomic E-state index is 14.1. The van der Waals surface area contributed by atoms with E-state index in [-0.39, 0.29) is 32.3 Å². The zero-order chi connectivity index (χ0) is 27.7. The Morgan fingerprint density at radius 1 is 0.925 bits per heavy atom. The minimum Gasteiger partial charge on any atom is -0.494 e. The minimum atomic E-state index is -0.488. The molecule has 0 aliphatic carbocycles. The standard InChI is InChI=1S/C17H15ClFNO2S.C12H14FNO.2CH4/c1-4-10-9(2)20(17(21)15-5-6-16(18)23-15)13-8-12(19)14(22-3)7-11(10)13;1-4-8-7(2)14-11-6-10(13)12(15-3)5-9(8)11;;/h5-8H,4H2,1-3H3;5-6,14H,4H2,1-3H3;2*1H4. The van der Waals surface area contributed by atoms with E-state index >= 15 is 0 Å². The number of carbonyl (C=O) groups is 1. The molecule has 216 valence electrons. The second kappa shape index (κ2) is 13.3. The number of nitrogens with zero attached hydrogens (tertiary/aromatic N) is 1. The molecule has 5 aromatic rings. The van der Waals surface area contributed by atoms with Crippen LogP contribution in [0.5, 0.6) is 11.5 Å². The number of H-pyrrole nitrogens is 1. The molecule has 40 heavy (non-hydrogen) atoms. The number of methoxy groups -OCH3 is 2. The summed E-state index contributed by atoms with van der Waals surface area (Å²) in [5, 5.41) is 1.88. The van der Waals surface area contributed by atoms with Crippen molar-refractivity contribution in [1.29, 1.82) is 0 Å². The predicted octanol–water partition coefficient (Wildman–Crippen LogP) is 9.52. The lowest BCUT2D eigenvalue weighted by molar-refractivity contribution is 0.0967. The Morgan fingerprint density at radius 3 is 2.02 bits per heavy atom. The molecular formula is C31H37ClF2N2O3S. The van der Waals surface area contributed by atoms with Crippen molar-refractivity contribution < 1.29 is 23.0 Å². The Labute approximate surface area is 243 Å². The maximum Gasteiger partial charge on any atom is 0.272 e. The number of rotatable bonds is 5. The van der Waals surface area contributed by atoms with Crippen molar-refractivity contribution >= 4 is 50.7 Å². The van der Waals surface area contributed by atoms with Crippen molar-refractivity contribution in [1.82, 2.24) is 9.55 Å². The summed E-state index contributed by atoms with van der Waals surface area (Å²) in [5.74, 6) is -0.534. The van der Waals surface area contributed by atoms with Crippen LogP contribution >= 0.6 is 22.9 Å². The molecule has 0 atom stereocenters. The van der Waals surface area contributed by atoms with Gasteiger partial charge in [-0.15, -0.1) is 11.3 Å². The predicted molar refractivity (Wildman–Crippen MR) is 164 cm³/mol. The fraction of sp³-hybridized carbons (Fsp3) is 0.323. The third kappa shape index (κ3) is 5.88. The maximum absolute atomic E-state index is 14.1. The van der Waals surface area contributed by atoms with Crippen LogP contribution in [-0.2, 0) is 12.8 Å². The zero-order valence-electron chi connectivity index (χ0n) is 22.1. The molecule has 1 N–H and O–H groups in total. The molecule has 5 nitrogen and oxygen atoms in total. The topological polar surface area (TPSA) is 56.2 Å². The summed E-state index contributed by atoms with van der Waals surface area (Å²) < 4.78 is 39.7. The normalized spacial score (nSPS) is 10.5. The van der Waals surface area contributed by atoms with Crippen molar-refractivity contribution in [3.05, 3.63) is 79.8 Å². The van der Waals surface area contributed by atoms with Gasteiger partial charge in [0.25, 0.3) is 5.91 Å². The smallest absolute Gasteiger partial charge is 0.272 e. The van der Waals surface area contributed by atoms with Crippen LogP contribution < -0.4 is 9.47 Å². The van der Waals surface area contributed by atoms with Crippen molar-refractivity contribution in [2.24, 2.45) is 0 Å². The molecule has 0 saturated carbocycles. The molecule has 3 heterocycles. The van der Waals surface area contributed by atoms with Crippen LogP contribution in [0.15, 0.2) is 36.4 Å². The number of carbonyl (C=O) groups excluding carboxylic acids is 1. The van der Waals surface area contributed by atoms with E-state index in [4.69, 9.17) is 21.1 Å². The second-order valence-electron chi connectivity index (χ2n) is 8.78. The molecule has 3 aromatic heterocycles. The van der Waals surface area contributed by atoms with Gasteiger partial charge in [0.2, 0.25) is 0 Å². The summed E-state index contributed by atoms with van der Waals surface area (Å²) in [6, 6.07) is 9.62. The molecule has 0 unspecified atom stereocenters. The summed E-state index contributed by atoms with van der Waals surface area (Å²) in [6.07, 6.45) is 1.67. The fourth-order valence-electron chi connectivity index (χ4n) is 4.88. The van der Waals surface area contributed by atoms with Crippen LogP contribution in [0, 0.1) is 25.5 Å². The first-order valence-electron chi connectivity index (χ1n) is 12.2. The Morgan fingerprint density at radius 2 is 1.50 bits per heavy atom. The lowest BCUT2D eigenvalue weighted by Crippen LogP contribution is -2.12. The quantitative estimate of drug-likeness (QED) is 0.222. The van der Waals surface area contributed by atoms with E-state index in [0.29, 0.717) is 20.5 Å². The highest BCUT2D eigenvalue weighted by Gasteiger charge is 2.22. The molecule has 5 rings (SSSR count). The van der Waals surface area contributed by atoms with Crippen LogP contribution in [0.3, 0.4) is 0 Å². The van der Waals surface area contributed by atoms with Gasteiger partial charge in [-0.05, 0) is 62.1 Å². The number of ether oxygens (including phenoxy) is 2. The number of aromatic amines is 1. The second-order valence-corrected chi connectivity index (χ2v) is 10.5. The zero-order valence-corrected chi connectivity index (χ0v) is 23.7. The number of aromatic nitrogens is 2. The van der Waals surface area contributed by atoms with Crippen LogP contribution in [0.2, 0.25) is 4.34 Å². The van der Waals surface area contributed by atoms with E-state index in [1.54, 1.807) is 28.8 Å². The monoisotopic (exact) mass is 590 g/mol. The highest BCUT2D eigenvalue weighted by molar-refractivity contribution is 7.18. The van der Waals surface area contributed by atoms with E-state index in [1.807, 2.05) is 20.8 Å². The van der Waals surface area contributed by atoms with Gasteiger partial charge in [0.05, 0.1) is 28.9 Å². The molecule has 0 saturated heterocycles. The summed E-state index contributed by atoms with van der Waals surface area (Å²) >= 11 is 7.14. The summed E-state index contributed by atoms with van der Waals surface area (Å²) in [7, 11) is 2.91. The van der Waals surface area contributed by atoms with Crippen LogP contribution in [0.25, 0.3) is 21.8 Å². The van der Waals surface area contributed by atoms with Gasteiger partial charge >= 0.3 is 0 Å². The minimum absolute atomic E-state index is 0. The van der Waals surface area contributed by atoms with Crippen molar-refractivity contribution in [2.75, 3.05) is 14.2 Å². The van der Waals surface area contributed by atoms with Gasteiger partial charge in [-0.2, -0.15) is 0 Å². The molecule has 2 aromatic carbocycles. The average molecular weight is 591 g/mol. The Hall–Kier alpha value is -3.36. The highest BCUT2D eigenvalue weighted by Crippen LogP contribution is 2.34. The lowest BCUT2D eigenvalue weighted by Gasteiger charge is -2.06. The van der Waals surface area contributed by atoms with Crippen LogP contribution in [0.4, 0.5) is 8.78 Å². The van der Waals surface area contributed by atoms with Gasteiger partial charge in [0.15, 0.2) is 23.1 Å². The van der Waals surface area contributed by atoms with Crippen molar-refractivity contribution in [3.8, 4) is 11.5 Å². The van der Waals surface area contributed by atoms with Crippen LogP contribution in [-0.4, -0.2) is 29.7 Å². The summed E-state index contributed by atoms with van der Waals surface area (Å²) in [4.78, 5) is 16.5. The number of benzene rings is 2. The molecule has 0 fully saturated rings. The fourth-order valence-corrected chi connectivity index (χ4v) is 5.86. The van der Waals surface area contributed by atoms with Crippen LogP contribution in [0.1, 0.15) is 60.9 Å². The molecule has 0 bridgehead atoms. The first-order chi connectivity index (χ1) is 18.1. The van der Waals surface area contributed by atoms with Gasteiger partial charge in [-0.25, -0.2) is 8.78 Å². The summed E-state index contributed by atoms with van der Waals surface area (Å²) in [6.45, 7) is 7.97. The van der Waals surface area contributed by atoms with Crippen molar-refractivity contribution in [2.45, 2.75) is 55.4 Å². The molecule has 0 aliphatic heterocycles. The number of nitrogens with one attached hydrogen (secondary N) is 1. The molecule has 0 aliphatic rings. The number of aryl methyl sites for hydroxylation is 3. The van der Waals surface area contributed by atoms with Gasteiger partial charge in [0, 0.05) is 39.8 Å². The SMILES string of the molecule is C.C.CCc1c(C)[nH]c2cc(F)c(OC)cc12.CCc1c(C)n(C(=O)c2ccc(Cl)s2)c2cc(F)c(OC)cc12. The van der Waals surface area contributed by atoms with Gasteiger partial charge in [-0.1, -0.05) is 40.3 Å². The van der Waals surface area contributed by atoms with Gasteiger partial charge < -0.3 is 14.5 Å². The third-order valence-corrected chi connectivity index (χ3v) is 7.91. The Balaban J connectivity index is 0.000000288. The van der Waals surface area contributed by atoms with E-state index < -0.39 is 5.82 Å².